The lowest BCUT2D eigenvalue weighted by Gasteiger charge is -2.00. The number of nitrogen functional groups attached to an aromatic ring is 1. The summed E-state index contributed by atoms with van der Waals surface area (Å²) in [5.41, 5.74) is 7.48. The van der Waals surface area contributed by atoms with Crippen molar-refractivity contribution in [3.05, 3.63) is 23.6 Å². The van der Waals surface area contributed by atoms with Crippen LogP contribution in [-0.4, -0.2) is 29.2 Å². The summed E-state index contributed by atoms with van der Waals surface area (Å²) in [6.45, 7) is 0. The molecule has 104 valence electrons. The molecule has 0 aliphatic carbocycles. The highest BCUT2D eigenvalue weighted by Gasteiger charge is 2.19. The summed E-state index contributed by atoms with van der Waals surface area (Å²) in [5, 5.41) is 2.26. The summed E-state index contributed by atoms with van der Waals surface area (Å²) in [5.74, 6) is 0.601. The van der Waals surface area contributed by atoms with Crippen LogP contribution in [0.1, 0.15) is 0 Å². The molecule has 0 fully saturated rings. The van der Waals surface area contributed by atoms with E-state index in [1.807, 2.05) is 17.7 Å². The van der Waals surface area contributed by atoms with Gasteiger partial charge in [0.15, 0.2) is 20.8 Å². The largest absolute Gasteiger partial charge is 0.375 e. The lowest BCUT2D eigenvalue weighted by molar-refractivity contribution is 0.602. The van der Waals surface area contributed by atoms with Gasteiger partial charge < -0.3 is 10.3 Å². The molecule has 0 aliphatic heterocycles. The number of hydrogen-bond acceptors (Lipinski definition) is 6. The highest BCUT2D eigenvalue weighted by atomic mass is 32.2. The first-order valence-electron chi connectivity index (χ1n) is 5.75. The van der Waals surface area contributed by atoms with Crippen LogP contribution in [0.3, 0.4) is 0 Å². The van der Waals surface area contributed by atoms with Crippen LogP contribution in [0.25, 0.3) is 22.6 Å². The molecule has 8 heteroatoms. The molecule has 0 radical (unpaired) electrons. The van der Waals surface area contributed by atoms with Gasteiger partial charge in [-0.1, -0.05) is 6.07 Å². The fourth-order valence-electron chi connectivity index (χ4n) is 2.11. The Bertz CT molecular complexity index is 909. The second-order valence-corrected chi connectivity index (χ2v) is 7.34. The minimum absolute atomic E-state index is 0.222. The molecule has 1 aromatic carbocycles. The minimum Gasteiger partial charge on any atom is -0.375 e. The number of sulfone groups is 1. The van der Waals surface area contributed by atoms with E-state index in [1.54, 1.807) is 17.5 Å². The van der Waals surface area contributed by atoms with E-state index in [4.69, 9.17) is 5.73 Å². The van der Waals surface area contributed by atoms with Gasteiger partial charge in [-0.3, -0.25) is 0 Å². The predicted octanol–water partition coefficient (Wildman–Crippen LogP) is 1.68. The number of imidazole rings is 1. The zero-order valence-corrected chi connectivity index (χ0v) is 12.5. The Morgan fingerprint density at radius 3 is 2.65 bits per heavy atom. The van der Waals surface area contributed by atoms with Gasteiger partial charge in [-0.2, -0.15) is 0 Å². The van der Waals surface area contributed by atoms with Crippen molar-refractivity contribution in [1.29, 1.82) is 0 Å². The SMILES string of the molecule is Cn1c(-c2csc(N)n2)nc2c(S(C)(=O)=O)cccc21. The normalized spacial score (nSPS) is 12.1. The Balaban J connectivity index is 2.35. The van der Waals surface area contributed by atoms with Crippen LogP contribution in [0.4, 0.5) is 5.13 Å². The molecular formula is C12H12N4O2S2. The average molecular weight is 308 g/mol. The molecule has 0 saturated heterocycles. The first kappa shape index (κ1) is 13.1. The summed E-state index contributed by atoms with van der Waals surface area (Å²) in [4.78, 5) is 8.85. The quantitative estimate of drug-likeness (QED) is 0.778. The molecule has 2 N–H and O–H groups in total. The molecule has 0 unspecified atom stereocenters. The molecule has 3 rings (SSSR count). The molecule has 2 aromatic heterocycles. The number of anilines is 1. The molecule has 0 bridgehead atoms. The minimum atomic E-state index is -3.33. The molecule has 0 spiro atoms. The van der Waals surface area contributed by atoms with E-state index in [-0.39, 0.29) is 4.90 Å². The second-order valence-electron chi connectivity index (χ2n) is 4.46. The first-order valence-corrected chi connectivity index (χ1v) is 8.52. The number of thiazole rings is 1. The van der Waals surface area contributed by atoms with Crippen LogP contribution in [0.15, 0.2) is 28.5 Å². The summed E-state index contributed by atoms with van der Waals surface area (Å²) in [6, 6.07) is 5.10. The number of rotatable bonds is 2. The van der Waals surface area contributed by atoms with Crippen molar-refractivity contribution in [2.24, 2.45) is 7.05 Å². The van der Waals surface area contributed by atoms with Crippen molar-refractivity contribution < 1.29 is 8.42 Å². The Kier molecular flexibility index (Phi) is 2.80. The highest BCUT2D eigenvalue weighted by molar-refractivity contribution is 7.91. The molecule has 0 aliphatic rings. The van der Waals surface area contributed by atoms with Crippen molar-refractivity contribution in [3.63, 3.8) is 0 Å². The van der Waals surface area contributed by atoms with Crippen LogP contribution < -0.4 is 5.73 Å². The lowest BCUT2D eigenvalue weighted by Crippen LogP contribution is -1.98. The van der Waals surface area contributed by atoms with Crippen molar-refractivity contribution in [3.8, 4) is 11.5 Å². The predicted molar refractivity (Wildman–Crippen MR) is 79.3 cm³/mol. The Morgan fingerprint density at radius 2 is 2.05 bits per heavy atom. The lowest BCUT2D eigenvalue weighted by atomic mass is 10.3. The average Bonchev–Trinajstić information content (AvgIpc) is 2.92. The Labute approximate surface area is 119 Å². The highest BCUT2D eigenvalue weighted by Crippen LogP contribution is 2.29. The van der Waals surface area contributed by atoms with Crippen LogP contribution in [0, 0.1) is 0 Å². The molecule has 0 amide bonds. The van der Waals surface area contributed by atoms with Gasteiger partial charge >= 0.3 is 0 Å². The van der Waals surface area contributed by atoms with E-state index in [2.05, 4.69) is 9.97 Å². The maximum Gasteiger partial charge on any atom is 0.180 e. The number of aromatic nitrogens is 3. The van der Waals surface area contributed by atoms with E-state index in [0.29, 0.717) is 22.2 Å². The van der Waals surface area contributed by atoms with Gasteiger partial charge in [0.2, 0.25) is 0 Å². The van der Waals surface area contributed by atoms with E-state index in [1.165, 1.54) is 17.6 Å². The fourth-order valence-corrected chi connectivity index (χ4v) is 3.48. The van der Waals surface area contributed by atoms with E-state index >= 15 is 0 Å². The Morgan fingerprint density at radius 1 is 1.30 bits per heavy atom. The second kappa shape index (κ2) is 4.29. The summed E-state index contributed by atoms with van der Waals surface area (Å²) < 4.78 is 25.5. The van der Waals surface area contributed by atoms with Gasteiger partial charge in [0.25, 0.3) is 0 Å². The van der Waals surface area contributed by atoms with Gasteiger partial charge in [0.05, 0.1) is 10.4 Å². The maximum absolute atomic E-state index is 11.8. The molecule has 20 heavy (non-hydrogen) atoms. The van der Waals surface area contributed by atoms with E-state index < -0.39 is 9.84 Å². The van der Waals surface area contributed by atoms with Crippen molar-refractivity contribution in [1.82, 2.24) is 14.5 Å². The van der Waals surface area contributed by atoms with Gasteiger partial charge in [0, 0.05) is 18.7 Å². The van der Waals surface area contributed by atoms with Crippen molar-refractivity contribution in [2.75, 3.05) is 12.0 Å². The Hall–Kier alpha value is -1.93. The zero-order valence-electron chi connectivity index (χ0n) is 10.9. The van der Waals surface area contributed by atoms with E-state index in [0.717, 1.165) is 5.52 Å². The monoisotopic (exact) mass is 308 g/mol. The molecule has 3 aromatic rings. The van der Waals surface area contributed by atoms with Crippen LogP contribution in [0.2, 0.25) is 0 Å². The molecular weight excluding hydrogens is 296 g/mol. The number of benzene rings is 1. The molecule has 2 heterocycles. The fraction of sp³-hybridized carbons (Fsp3) is 0.167. The number of para-hydroxylation sites is 1. The maximum atomic E-state index is 11.8. The van der Waals surface area contributed by atoms with Gasteiger partial charge in [-0.05, 0) is 12.1 Å². The first-order chi connectivity index (χ1) is 9.38. The summed E-state index contributed by atoms with van der Waals surface area (Å²) in [6.07, 6.45) is 1.18. The number of nitrogens with two attached hydrogens (primary N) is 1. The topological polar surface area (TPSA) is 90.9 Å². The van der Waals surface area contributed by atoms with Crippen LogP contribution in [0.5, 0.6) is 0 Å². The summed E-state index contributed by atoms with van der Waals surface area (Å²) in [7, 11) is -1.50. The third kappa shape index (κ3) is 1.97. The number of nitrogens with zero attached hydrogens (tertiary/aromatic N) is 3. The van der Waals surface area contributed by atoms with Crippen LogP contribution >= 0.6 is 11.3 Å². The number of hydrogen-bond donors (Lipinski definition) is 1. The standard InChI is InChI=1S/C12H12N4O2S2/c1-16-8-4-3-5-9(20(2,17)18)10(8)15-11(16)7-6-19-12(13)14-7/h3-6H,1-2H3,(H2,13,14). The summed E-state index contributed by atoms with van der Waals surface area (Å²) >= 11 is 1.32. The van der Waals surface area contributed by atoms with Crippen molar-refractivity contribution >= 4 is 37.3 Å². The third-order valence-corrected chi connectivity index (χ3v) is 4.83. The van der Waals surface area contributed by atoms with E-state index in [9.17, 15) is 8.42 Å². The van der Waals surface area contributed by atoms with Gasteiger partial charge in [-0.25, -0.2) is 18.4 Å². The smallest absolute Gasteiger partial charge is 0.180 e. The van der Waals surface area contributed by atoms with Gasteiger partial charge in [-0.15, -0.1) is 11.3 Å². The zero-order chi connectivity index (χ0) is 14.5. The molecule has 0 atom stereocenters. The molecule has 0 saturated carbocycles. The number of fused-ring (bicyclic) bond motifs is 1. The third-order valence-electron chi connectivity index (χ3n) is 3.02. The number of aryl methyl sites for hydroxylation is 1. The van der Waals surface area contributed by atoms with Crippen molar-refractivity contribution in [2.45, 2.75) is 4.90 Å². The molecule has 6 nitrogen and oxygen atoms in total. The van der Waals surface area contributed by atoms with Gasteiger partial charge in [0.1, 0.15) is 11.2 Å². The van der Waals surface area contributed by atoms with Crippen LogP contribution in [-0.2, 0) is 16.9 Å².